The molecule has 1 aromatic heterocycles. The molecule has 0 bridgehead atoms. The highest BCUT2D eigenvalue weighted by Gasteiger charge is 2.30. The molecule has 1 saturated heterocycles. The van der Waals surface area contributed by atoms with Crippen LogP contribution in [0.2, 0.25) is 0 Å². The molecule has 0 spiro atoms. The monoisotopic (exact) mass is 306 g/mol. The van der Waals surface area contributed by atoms with Gasteiger partial charge in [-0.1, -0.05) is 5.16 Å². The number of hydrogen-bond acceptors (Lipinski definition) is 9. The molecular formula is C8H10N4O5S2. The van der Waals surface area contributed by atoms with Gasteiger partial charge in [-0.2, -0.15) is 9.36 Å². The van der Waals surface area contributed by atoms with Crippen molar-refractivity contribution in [3.8, 4) is 0 Å². The van der Waals surface area contributed by atoms with Crippen LogP contribution in [-0.4, -0.2) is 52.2 Å². The number of carboxylic acids is 1. The standard InChI is InChI=1S/C8H10N4O5S2/c9-8-10-6(12-18-8)5(7(13)14)11-17-4-1-2-19(15,16)3-4/h4H,1-3H2,(H,13,14)(H2,9,10,12). The summed E-state index contributed by atoms with van der Waals surface area (Å²) in [6.07, 6.45) is -0.360. The fourth-order valence-electron chi connectivity index (χ4n) is 1.48. The zero-order valence-electron chi connectivity index (χ0n) is 9.51. The molecule has 0 aliphatic carbocycles. The number of nitrogens with two attached hydrogens (primary N) is 1. The Kier molecular flexibility index (Phi) is 3.66. The first-order chi connectivity index (χ1) is 8.87. The smallest absolute Gasteiger partial charge is 0.362 e. The van der Waals surface area contributed by atoms with Gasteiger partial charge in [-0.3, -0.25) is 0 Å². The molecule has 1 aliphatic heterocycles. The van der Waals surface area contributed by atoms with Gasteiger partial charge in [-0.25, -0.2) is 13.2 Å². The predicted octanol–water partition coefficient (Wildman–Crippen LogP) is -0.887. The molecular weight excluding hydrogens is 296 g/mol. The summed E-state index contributed by atoms with van der Waals surface area (Å²) >= 11 is 0.829. The summed E-state index contributed by atoms with van der Waals surface area (Å²) < 4.78 is 26.1. The lowest BCUT2D eigenvalue weighted by atomic mass is 10.3. The zero-order valence-corrected chi connectivity index (χ0v) is 11.1. The fourth-order valence-corrected chi connectivity index (χ4v) is 3.50. The Bertz CT molecular complexity index is 623. The van der Waals surface area contributed by atoms with E-state index in [2.05, 4.69) is 14.5 Å². The SMILES string of the molecule is Nc1nc(C(=NOC2CCS(=O)(=O)C2)C(=O)O)ns1. The van der Waals surface area contributed by atoms with Crippen LogP contribution in [0.15, 0.2) is 5.16 Å². The molecule has 104 valence electrons. The van der Waals surface area contributed by atoms with Crippen molar-refractivity contribution in [3.05, 3.63) is 5.82 Å². The summed E-state index contributed by atoms with van der Waals surface area (Å²) in [7, 11) is -3.12. The Morgan fingerprint density at radius 2 is 2.32 bits per heavy atom. The molecule has 3 N–H and O–H groups in total. The minimum atomic E-state index is -3.12. The third-order valence-electron chi connectivity index (χ3n) is 2.34. The lowest BCUT2D eigenvalue weighted by Crippen LogP contribution is -2.19. The number of hydrogen-bond donors (Lipinski definition) is 2. The Balaban J connectivity index is 2.12. The molecule has 0 radical (unpaired) electrons. The first-order valence-electron chi connectivity index (χ1n) is 5.14. The van der Waals surface area contributed by atoms with Gasteiger partial charge in [0.2, 0.25) is 11.5 Å². The van der Waals surface area contributed by atoms with Crippen molar-refractivity contribution in [2.75, 3.05) is 17.2 Å². The van der Waals surface area contributed by atoms with Crippen LogP contribution in [0.3, 0.4) is 0 Å². The molecule has 9 nitrogen and oxygen atoms in total. The van der Waals surface area contributed by atoms with E-state index >= 15 is 0 Å². The molecule has 1 atom stereocenters. The maximum atomic E-state index is 11.2. The van der Waals surface area contributed by atoms with E-state index in [9.17, 15) is 13.2 Å². The van der Waals surface area contributed by atoms with E-state index < -0.39 is 27.6 Å². The molecule has 2 rings (SSSR count). The molecule has 1 unspecified atom stereocenters. The Hall–Kier alpha value is -1.75. The summed E-state index contributed by atoms with van der Waals surface area (Å²) in [5, 5.41) is 12.5. The maximum Gasteiger partial charge on any atom is 0.362 e. The van der Waals surface area contributed by atoms with Crippen LogP contribution >= 0.6 is 11.5 Å². The van der Waals surface area contributed by atoms with Crippen molar-refractivity contribution >= 4 is 38.2 Å². The Morgan fingerprint density at radius 1 is 1.58 bits per heavy atom. The summed E-state index contributed by atoms with van der Waals surface area (Å²) in [6.45, 7) is 0. The molecule has 1 aromatic rings. The number of sulfone groups is 1. The van der Waals surface area contributed by atoms with Gasteiger partial charge in [0, 0.05) is 18.0 Å². The van der Waals surface area contributed by atoms with Crippen LogP contribution < -0.4 is 5.73 Å². The summed E-state index contributed by atoms with van der Waals surface area (Å²) in [5.41, 5.74) is 4.84. The zero-order chi connectivity index (χ0) is 14.0. The molecule has 0 saturated carbocycles. The number of nitrogen functional groups attached to an aromatic ring is 1. The first-order valence-corrected chi connectivity index (χ1v) is 7.74. The highest BCUT2D eigenvalue weighted by Crippen LogP contribution is 2.15. The predicted molar refractivity (Wildman–Crippen MR) is 66.6 cm³/mol. The van der Waals surface area contributed by atoms with E-state index in [1.54, 1.807) is 0 Å². The summed E-state index contributed by atoms with van der Waals surface area (Å²) in [6, 6.07) is 0. The second-order valence-corrected chi connectivity index (χ2v) is 6.84. The molecule has 2 heterocycles. The van der Waals surface area contributed by atoms with E-state index in [1.807, 2.05) is 0 Å². The average Bonchev–Trinajstić information content (AvgIpc) is 2.85. The van der Waals surface area contributed by atoms with Crippen LogP contribution in [0, 0.1) is 0 Å². The summed E-state index contributed by atoms with van der Waals surface area (Å²) in [5.74, 6) is -1.69. The molecule has 0 amide bonds. The third-order valence-corrected chi connectivity index (χ3v) is 4.62. The molecule has 1 fully saturated rings. The lowest BCUT2D eigenvalue weighted by Gasteiger charge is -2.05. The van der Waals surface area contributed by atoms with Crippen LogP contribution in [0.25, 0.3) is 0 Å². The number of carboxylic acid groups (broad SMARTS) is 1. The van der Waals surface area contributed by atoms with Gasteiger partial charge in [-0.05, 0) is 0 Å². The highest BCUT2D eigenvalue weighted by atomic mass is 32.2. The van der Waals surface area contributed by atoms with E-state index in [1.165, 1.54) is 0 Å². The Morgan fingerprint density at radius 3 is 2.79 bits per heavy atom. The molecule has 1 aliphatic rings. The van der Waals surface area contributed by atoms with Gasteiger partial charge in [0.05, 0.1) is 11.5 Å². The van der Waals surface area contributed by atoms with Crippen molar-refractivity contribution < 1.29 is 23.2 Å². The number of carbonyl (C=O) groups is 1. The van der Waals surface area contributed by atoms with Crippen LogP contribution in [0.5, 0.6) is 0 Å². The van der Waals surface area contributed by atoms with Gasteiger partial charge >= 0.3 is 5.97 Å². The maximum absolute atomic E-state index is 11.2. The van der Waals surface area contributed by atoms with Crippen molar-refractivity contribution in [3.63, 3.8) is 0 Å². The first kappa shape index (κ1) is 13.7. The van der Waals surface area contributed by atoms with Crippen LogP contribution in [0.1, 0.15) is 12.2 Å². The number of anilines is 1. The second kappa shape index (κ2) is 5.09. The number of aliphatic carboxylic acids is 1. The quantitative estimate of drug-likeness (QED) is 0.538. The van der Waals surface area contributed by atoms with E-state index in [0.29, 0.717) is 0 Å². The lowest BCUT2D eigenvalue weighted by molar-refractivity contribution is -0.129. The van der Waals surface area contributed by atoms with Crippen LogP contribution in [-0.2, 0) is 19.5 Å². The van der Waals surface area contributed by atoms with E-state index in [-0.39, 0.29) is 28.9 Å². The van der Waals surface area contributed by atoms with E-state index in [4.69, 9.17) is 15.7 Å². The summed E-state index contributed by atoms with van der Waals surface area (Å²) in [4.78, 5) is 19.6. The molecule has 0 aromatic carbocycles. The number of oxime groups is 1. The molecule has 11 heteroatoms. The minimum absolute atomic E-state index is 0.0114. The van der Waals surface area contributed by atoms with E-state index in [0.717, 1.165) is 11.5 Å². The Labute approximate surface area is 112 Å². The van der Waals surface area contributed by atoms with Gasteiger partial charge in [0.15, 0.2) is 15.0 Å². The second-order valence-electron chi connectivity index (χ2n) is 3.83. The van der Waals surface area contributed by atoms with Crippen molar-refractivity contribution in [2.45, 2.75) is 12.5 Å². The van der Waals surface area contributed by atoms with Crippen molar-refractivity contribution in [1.29, 1.82) is 0 Å². The topological polar surface area (TPSA) is 145 Å². The average molecular weight is 306 g/mol. The largest absolute Gasteiger partial charge is 0.476 e. The minimum Gasteiger partial charge on any atom is -0.476 e. The van der Waals surface area contributed by atoms with Gasteiger partial charge < -0.3 is 15.7 Å². The van der Waals surface area contributed by atoms with Gasteiger partial charge in [0.1, 0.15) is 6.10 Å². The normalized spacial score (nSPS) is 22.3. The third kappa shape index (κ3) is 3.38. The number of rotatable bonds is 4. The van der Waals surface area contributed by atoms with Crippen LogP contribution in [0.4, 0.5) is 5.13 Å². The fraction of sp³-hybridized carbons (Fsp3) is 0.500. The number of nitrogens with zero attached hydrogens (tertiary/aromatic N) is 3. The van der Waals surface area contributed by atoms with Gasteiger partial charge in [-0.15, -0.1) is 0 Å². The van der Waals surface area contributed by atoms with Crippen molar-refractivity contribution in [2.24, 2.45) is 5.16 Å². The van der Waals surface area contributed by atoms with Crippen molar-refractivity contribution in [1.82, 2.24) is 9.36 Å². The van der Waals surface area contributed by atoms with Gasteiger partial charge in [0.25, 0.3) is 0 Å². The highest BCUT2D eigenvalue weighted by molar-refractivity contribution is 7.91. The number of aromatic nitrogens is 2. The molecule has 19 heavy (non-hydrogen) atoms.